The standard InChI is InChI=1S/C31H60O16/c1-31(2,3)47-30(34)4-5-35-6-7-36-8-9-37-10-11-38-12-13-39-14-15-40-16-17-41-18-19-42-20-21-43-22-23-44-24-25-45-26-27-46-28-29(32)33/h4-28H2,1-3H3,(H,32,33). The Labute approximate surface area is 279 Å². The van der Waals surface area contributed by atoms with Crippen LogP contribution in [0.5, 0.6) is 0 Å². The highest BCUT2D eigenvalue weighted by Crippen LogP contribution is 2.08. The van der Waals surface area contributed by atoms with Crippen LogP contribution in [0.25, 0.3) is 0 Å². The smallest absolute Gasteiger partial charge is 0.329 e. The Morgan fingerprint density at radius 2 is 0.596 bits per heavy atom. The van der Waals surface area contributed by atoms with Crippen molar-refractivity contribution in [3.8, 4) is 0 Å². The molecule has 47 heavy (non-hydrogen) atoms. The summed E-state index contributed by atoms with van der Waals surface area (Å²) in [5.41, 5.74) is -0.479. The van der Waals surface area contributed by atoms with Crippen LogP contribution in [0.3, 0.4) is 0 Å². The van der Waals surface area contributed by atoms with Gasteiger partial charge < -0.3 is 66.7 Å². The lowest BCUT2D eigenvalue weighted by atomic mass is 10.2. The first-order valence-corrected chi connectivity index (χ1v) is 16.2. The minimum absolute atomic E-state index is 0.226. The van der Waals surface area contributed by atoms with E-state index >= 15 is 0 Å². The lowest BCUT2D eigenvalue weighted by Gasteiger charge is -2.19. The molecule has 0 aliphatic rings. The lowest BCUT2D eigenvalue weighted by molar-refractivity contribution is -0.156. The quantitative estimate of drug-likeness (QED) is 0.0718. The molecule has 0 unspecified atom stereocenters. The zero-order valence-electron chi connectivity index (χ0n) is 28.7. The van der Waals surface area contributed by atoms with E-state index in [0.29, 0.717) is 145 Å². The molecule has 0 aromatic rings. The van der Waals surface area contributed by atoms with Crippen molar-refractivity contribution in [1.29, 1.82) is 0 Å². The fourth-order valence-corrected chi connectivity index (χ4v) is 3.13. The number of carboxylic acids is 1. The number of hydrogen-bond acceptors (Lipinski definition) is 15. The van der Waals surface area contributed by atoms with E-state index < -0.39 is 11.6 Å². The Kier molecular flexibility index (Phi) is 34.6. The number of aliphatic carboxylic acids is 1. The molecule has 0 saturated heterocycles. The average molecular weight is 689 g/mol. The Morgan fingerprint density at radius 1 is 0.383 bits per heavy atom. The normalized spacial score (nSPS) is 11.7. The van der Waals surface area contributed by atoms with E-state index in [4.69, 9.17) is 66.7 Å². The topological polar surface area (TPSA) is 174 Å². The largest absolute Gasteiger partial charge is 0.480 e. The van der Waals surface area contributed by atoms with Gasteiger partial charge in [-0.05, 0) is 20.8 Å². The van der Waals surface area contributed by atoms with Crippen LogP contribution in [0.15, 0.2) is 0 Å². The molecule has 0 atom stereocenters. The predicted octanol–water partition coefficient (Wildman–Crippen LogP) is 1.00. The van der Waals surface area contributed by atoms with Crippen molar-refractivity contribution in [2.45, 2.75) is 32.8 Å². The van der Waals surface area contributed by atoms with Crippen molar-refractivity contribution in [2.75, 3.05) is 159 Å². The third-order valence-electron chi connectivity index (χ3n) is 5.19. The Morgan fingerprint density at radius 3 is 0.809 bits per heavy atom. The summed E-state index contributed by atoms with van der Waals surface area (Å²) < 4.78 is 69.5. The van der Waals surface area contributed by atoms with Gasteiger partial charge in [-0.15, -0.1) is 0 Å². The molecule has 0 aliphatic heterocycles. The molecular formula is C31H60O16. The van der Waals surface area contributed by atoms with Crippen LogP contribution in [0, 0.1) is 0 Å². The predicted molar refractivity (Wildman–Crippen MR) is 168 cm³/mol. The summed E-state index contributed by atoms with van der Waals surface area (Å²) in [5, 5.41) is 8.42. The highest BCUT2D eigenvalue weighted by Gasteiger charge is 2.15. The van der Waals surface area contributed by atoms with E-state index in [9.17, 15) is 9.59 Å². The maximum absolute atomic E-state index is 11.6. The molecule has 0 rings (SSSR count). The molecular weight excluding hydrogens is 628 g/mol. The maximum Gasteiger partial charge on any atom is 0.329 e. The molecule has 0 aromatic heterocycles. The van der Waals surface area contributed by atoms with Gasteiger partial charge in [-0.2, -0.15) is 0 Å². The van der Waals surface area contributed by atoms with E-state index in [1.54, 1.807) is 0 Å². The summed E-state index contributed by atoms with van der Waals surface area (Å²) in [6.45, 7) is 15.3. The highest BCUT2D eigenvalue weighted by atomic mass is 16.6. The first kappa shape index (κ1) is 45.5. The van der Waals surface area contributed by atoms with Crippen LogP contribution in [0.4, 0.5) is 0 Å². The van der Waals surface area contributed by atoms with Crippen molar-refractivity contribution in [3.63, 3.8) is 0 Å². The van der Waals surface area contributed by atoms with Crippen molar-refractivity contribution in [3.05, 3.63) is 0 Å². The second kappa shape index (κ2) is 35.8. The third-order valence-corrected chi connectivity index (χ3v) is 5.19. The van der Waals surface area contributed by atoms with E-state index in [2.05, 4.69) is 0 Å². The number of hydrogen-bond donors (Lipinski definition) is 1. The van der Waals surface area contributed by atoms with Gasteiger partial charge in [0.05, 0.1) is 158 Å². The molecule has 16 nitrogen and oxygen atoms in total. The Bertz CT molecular complexity index is 676. The van der Waals surface area contributed by atoms with Gasteiger partial charge in [-0.1, -0.05) is 0 Å². The van der Waals surface area contributed by atoms with Gasteiger partial charge in [0.25, 0.3) is 0 Å². The molecule has 0 bridgehead atoms. The van der Waals surface area contributed by atoms with Gasteiger partial charge in [0.2, 0.25) is 0 Å². The number of ether oxygens (including phenoxy) is 13. The molecule has 0 spiro atoms. The van der Waals surface area contributed by atoms with Gasteiger partial charge in [-0.3, -0.25) is 4.79 Å². The second-order valence-corrected chi connectivity index (χ2v) is 10.5. The van der Waals surface area contributed by atoms with Crippen LogP contribution in [0.1, 0.15) is 27.2 Å². The second-order valence-electron chi connectivity index (χ2n) is 10.5. The van der Waals surface area contributed by atoms with Crippen LogP contribution in [-0.2, 0) is 71.2 Å². The van der Waals surface area contributed by atoms with E-state index in [-0.39, 0.29) is 25.6 Å². The summed E-state index contributed by atoms with van der Waals surface area (Å²) in [6, 6.07) is 0. The number of carbonyl (C=O) groups excluding carboxylic acids is 1. The maximum atomic E-state index is 11.6. The first-order valence-electron chi connectivity index (χ1n) is 16.2. The fraction of sp³-hybridized carbons (Fsp3) is 0.935. The third kappa shape index (κ3) is 42.4. The van der Waals surface area contributed by atoms with E-state index in [0.717, 1.165) is 0 Å². The fourth-order valence-electron chi connectivity index (χ4n) is 3.13. The summed E-state index contributed by atoms with van der Waals surface area (Å²) >= 11 is 0. The first-order chi connectivity index (χ1) is 22.8. The van der Waals surface area contributed by atoms with E-state index in [1.807, 2.05) is 20.8 Å². The monoisotopic (exact) mass is 688 g/mol. The number of carboxylic acid groups (broad SMARTS) is 1. The van der Waals surface area contributed by atoms with Gasteiger partial charge in [0.1, 0.15) is 12.2 Å². The van der Waals surface area contributed by atoms with Crippen molar-refractivity contribution in [2.24, 2.45) is 0 Å². The summed E-state index contributed by atoms with van der Waals surface area (Å²) in [5.74, 6) is -1.27. The van der Waals surface area contributed by atoms with Crippen molar-refractivity contribution in [1.82, 2.24) is 0 Å². The van der Waals surface area contributed by atoms with E-state index in [1.165, 1.54) is 0 Å². The van der Waals surface area contributed by atoms with Crippen LogP contribution in [0.2, 0.25) is 0 Å². The highest BCUT2D eigenvalue weighted by molar-refractivity contribution is 5.69. The van der Waals surface area contributed by atoms with Crippen LogP contribution >= 0.6 is 0 Å². The summed E-state index contributed by atoms with van der Waals surface area (Å²) in [4.78, 5) is 21.8. The zero-order chi connectivity index (χ0) is 34.5. The summed E-state index contributed by atoms with van der Waals surface area (Å²) in [6.07, 6.45) is 0.226. The molecule has 0 amide bonds. The molecule has 16 heteroatoms. The number of carbonyl (C=O) groups is 2. The molecule has 0 radical (unpaired) electrons. The molecule has 0 aliphatic carbocycles. The van der Waals surface area contributed by atoms with Crippen LogP contribution < -0.4 is 0 Å². The minimum atomic E-state index is -0.999. The number of rotatable bonds is 38. The van der Waals surface area contributed by atoms with Crippen LogP contribution in [-0.4, -0.2) is 181 Å². The molecule has 0 saturated carbocycles. The summed E-state index contributed by atoms with van der Waals surface area (Å²) in [7, 11) is 0. The Balaban J connectivity index is 3.10. The minimum Gasteiger partial charge on any atom is -0.480 e. The van der Waals surface area contributed by atoms with Crippen molar-refractivity contribution < 1.29 is 76.3 Å². The number of esters is 1. The average Bonchev–Trinajstić information content (AvgIpc) is 3.01. The molecule has 280 valence electrons. The van der Waals surface area contributed by atoms with Gasteiger partial charge in [-0.25, -0.2) is 4.79 Å². The molecule has 0 heterocycles. The van der Waals surface area contributed by atoms with Gasteiger partial charge in [0, 0.05) is 0 Å². The van der Waals surface area contributed by atoms with Crippen molar-refractivity contribution >= 4 is 11.9 Å². The lowest BCUT2D eigenvalue weighted by Crippen LogP contribution is -2.24. The Hall–Kier alpha value is -1.54. The molecule has 0 fully saturated rings. The zero-order valence-corrected chi connectivity index (χ0v) is 28.7. The molecule has 0 aromatic carbocycles. The van der Waals surface area contributed by atoms with Gasteiger partial charge >= 0.3 is 11.9 Å². The van der Waals surface area contributed by atoms with Gasteiger partial charge in [0.15, 0.2) is 0 Å². The SMILES string of the molecule is CC(C)(C)OC(=O)CCOCCOCCOCCOCCOCCOCCOCCOCCOCCOCCOCCOCC(=O)O. The molecule has 1 N–H and O–H groups in total.